The van der Waals surface area contributed by atoms with Gasteiger partial charge in [0.2, 0.25) is 0 Å². The first-order valence-electron chi connectivity index (χ1n) is 9.97. The van der Waals surface area contributed by atoms with E-state index in [1.165, 1.54) is 27.5 Å². The average Bonchev–Trinajstić information content (AvgIpc) is 2.71. The van der Waals surface area contributed by atoms with Gasteiger partial charge in [-0.05, 0) is 53.2 Å². The van der Waals surface area contributed by atoms with Gasteiger partial charge in [0.05, 0.1) is 0 Å². The highest BCUT2D eigenvalue weighted by Gasteiger charge is 2.22. The Morgan fingerprint density at radius 3 is 2.26 bits per heavy atom. The average molecular weight is 354 g/mol. The lowest BCUT2D eigenvalue weighted by Gasteiger charge is -2.23. The minimum Gasteiger partial charge on any atom is -0.512 e. The van der Waals surface area contributed by atoms with Crippen LogP contribution >= 0.6 is 0 Å². The lowest BCUT2D eigenvalue weighted by molar-refractivity contribution is 0.384. The molecule has 1 nitrogen and oxygen atoms in total. The molecule has 0 saturated heterocycles. The van der Waals surface area contributed by atoms with Crippen LogP contribution in [0.3, 0.4) is 0 Å². The Kier molecular flexibility index (Phi) is 5.11. The summed E-state index contributed by atoms with van der Waals surface area (Å²) in [6.07, 6.45) is 5.01. The first kappa shape index (κ1) is 17.6. The van der Waals surface area contributed by atoms with E-state index in [4.69, 9.17) is 0 Å². The second kappa shape index (κ2) is 7.84. The number of hydrogen-bond acceptors (Lipinski definition) is 1. The fraction of sp³-hybridized carbons (Fsp3) is 0.231. The Balaban J connectivity index is 2.05. The molecule has 1 heteroatoms. The van der Waals surface area contributed by atoms with Gasteiger partial charge >= 0.3 is 0 Å². The van der Waals surface area contributed by atoms with Crippen molar-refractivity contribution in [1.82, 2.24) is 0 Å². The zero-order valence-electron chi connectivity index (χ0n) is 15.9. The molecule has 3 aromatic carbocycles. The van der Waals surface area contributed by atoms with Crippen LogP contribution in [0, 0.1) is 0 Å². The molecule has 0 spiro atoms. The molecule has 0 amide bonds. The SMILES string of the molecule is CCC1=C(c2ccccc2)C(c2cccc3ccccc23)=C(O)CCCC1. The standard InChI is InChI=1S/C26H26O/c1-2-19-11-7-9-18-24(27)26(25(19)21-13-4-3-5-14-21)23-17-10-15-20-12-6-8-16-22(20)23/h3-6,8,10,12-17,27H,2,7,9,11,18H2,1H3. The summed E-state index contributed by atoms with van der Waals surface area (Å²) in [4.78, 5) is 0. The number of aliphatic hydroxyl groups excluding tert-OH is 1. The molecule has 4 rings (SSSR count). The summed E-state index contributed by atoms with van der Waals surface area (Å²) in [5, 5.41) is 13.6. The zero-order valence-corrected chi connectivity index (χ0v) is 15.9. The van der Waals surface area contributed by atoms with Gasteiger partial charge in [0.1, 0.15) is 5.76 Å². The van der Waals surface area contributed by atoms with E-state index in [0.29, 0.717) is 5.76 Å². The molecule has 0 aromatic heterocycles. The zero-order chi connectivity index (χ0) is 18.6. The summed E-state index contributed by atoms with van der Waals surface area (Å²) in [7, 11) is 0. The number of fused-ring (bicyclic) bond motifs is 1. The van der Waals surface area contributed by atoms with Gasteiger partial charge in [0, 0.05) is 12.0 Å². The van der Waals surface area contributed by atoms with Crippen molar-refractivity contribution in [3.8, 4) is 0 Å². The predicted octanol–water partition coefficient (Wildman–Crippen LogP) is 7.55. The van der Waals surface area contributed by atoms with Crippen molar-refractivity contribution in [1.29, 1.82) is 0 Å². The van der Waals surface area contributed by atoms with Crippen molar-refractivity contribution in [2.45, 2.75) is 39.0 Å². The van der Waals surface area contributed by atoms with Crippen LogP contribution in [0.4, 0.5) is 0 Å². The molecule has 136 valence electrons. The lowest BCUT2D eigenvalue weighted by Crippen LogP contribution is -2.04. The topological polar surface area (TPSA) is 20.2 Å². The molecule has 3 aromatic rings. The highest BCUT2D eigenvalue weighted by molar-refractivity contribution is 6.12. The minimum atomic E-state index is 0.524. The summed E-state index contributed by atoms with van der Waals surface area (Å²) >= 11 is 0. The van der Waals surface area contributed by atoms with E-state index < -0.39 is 0 Å². The first-order valence-corrected chi connectivity index (χ1v) is 9.97. The van der Waals surface area contributed by atoms with Crippen LogP contribution in [-0.2, 0) is 0 Å². The Morgan fingerprint density at radius 2 is 1.44 bits per heavy atom. The Hall–Kier alpha value is -2.80. The molecule has 0 bridgehead atoms. The second-order valence-electron chi connectivity index (χ2n) is 7.25. The smallest absolute Gasteiger partial charge is 0.101 e. The molecule has 0 aliphatic heterocycles. The third kappa shape index (κ3) is 3.42. The summed E-state index contributed by atoms with van der Waals surface area (Å²) in [5.41, 5.74) is 6.03. The summed E-state index contributed by atoms with van der Waals surface area (Å²) < 4.78 is 0. The molecule has 0 unspecified atom stereocenters. The van der Waals surface area contributed by atoms with Crippen LogP contribution in [0.2, 0.25) is 0 Å². The molecular formula is C26H26O. The van der Waals surface area contributed by atoms with Gasteiger partial charge in [-0.1, -0.05) is 85.3 Å². The predicted molar refractivity (Wildman–Crippen MR) is 116 cm³/mol. The molecule has 1 aliphatic rings. The van der Waals surface area contributed by atoms with Crippen molar-refractivity contribution >= 4 is 21.9 Å². The van der Waals surface area contributed by atoms with Gasteiger partial charge in [-0.2, -0.15) is 0 Å². The number of benzene rings is 3. The van der Waals surface area contributed by atoms with Gasteiger partial charge < -0.3 is 5.11 Å². The summed E-state index contributed by atoms with van der Waals surface area (Å²) in [6, 6.07) is 25.4. The van der Waals surface area contributed by atoms with Crippen molar-refractivity contribution < 1.29 is 5.11 Å². The lowest BCUT2D eigenvalue weighted by atomic mass is 9.81. The summed E-state index contributed by atoms with van der Waals surface area (Å²) in [5.74, 6) is 0.524. The number of aliphatic hydroxyl groups is 1. The third-order valence-corrected chi connectivity index (χ3v) is 5.58. The minimum absolute atomic E-state index is 0.524. The monoisotopic (exact) mass is 354 g/mol. The number of hydrogen-bond donors (Lipinski definition) is 1. The molecule has 0 saturated carbocycles. The quantitative estimate of drug-likeness (QED) is 0.515. The molecule has 0 fully saturated rings. The largest absolute Gasteiger partial charge is 0.512 e. The van der Waals surface area contributed by atoms with E-state index in [2.05, 4.69) is 79.7 Å². The van der Waals surface area contributed by atoms with Crippen LogP contribution in [-0.4, -0.2) is 5.11 Å². The third-order valence-electron chi connectivity index (χ3n) is 5.58. The van der Waals surface area contributed by atoms with E-state index in [1.807, 2.05) is 0 Å². The van der Waals surface area contributed by atoms with Crippen molar-refractivity contribution in [3.63, 3.8) is 0 Å². The highest BCUT2D eigenvalue weighted by Crippen LogP contribution is 2.42. The van der Waals surface area contributed by atoms with Gasteiger partial charge in [0.25, 0.3) is 0 Å². The maximum absolute atomic E-state index is 11.2. The number of rotatable bonds is 3. The normalized spacial score (nSPS) is 15.7. The molecule has 1 aliphatic carbocycles. The molecule has 0 atom stereocenters. The van der Waals surface area contributed by atoms with Gasteiger partial charge in [-0.3, -0.25) is 0 Å². The maximum atomic E-state index is 11.2. The maximum Gasteiger partial charge on any atom is 0.101 e. The fourth-order valence-corrected chi connectivity index (χ4v) is 4.24. The highest BCUT2D eigenvalue weighted by atomic mass is 16.3. The van der Waals surface area contributed by atoms with E-state index in [0.717, 1.165) is 43.2 Å². The van der Waals surface area contributed by atoms with Crippen LogP contribution in [0.25, 0.3) is 21.9 Å². The Labute approximate surface area is 161 Å². The Morgan fingerprint density at radius 1 is 0.741 bits per heavy atom. The van der Waals surface area contributed by atoms with E-state index in [9.17, 15) is 5.11 Å². The van der Waals surface area contributed by atoms with Gasteiger partial charge in [-0.25, -0.2) is 0 Å². The second-order valence-corrected chi connectivity index (χ2v) is 7.25. The van der Waals surface area contributed by atoms with Crippen molar-refractivity contribution in [2.75, 3.05) is 0 Å². The number of allylic oxidation sites excluding steroid dienone is 4. The fourth-order valence-electron chi connectivity index (χ4n) is 4.24. The van der Waals surface area contributed by atoms with Crippen LogP contribution < -0.4 is 0 Å². The molecule has 1 N–H and O–H groups in total. The van der Waals surface area contributed by atoms with Gasteiger partial charge in [-0.15, -0.1) is 0 Å². The molecule has 27 heavy (non-hydrogen) atoms. The van der Waals surface area contributed by atoms with Crippen molar-refractivity contribution in [2.24, 2.45) is 0 Å². The molecule has 0 radical (unpaired) electrons. The van der Waals surface area contributed by atoms with Crippen LogP contribution in [0.1, 0.15) is 50.2 Å². The van der Waals surface area contributed by atoms with Crippen molar-refractivity contribution in [3.05, 3.63) is 95.3 Å². The van der Waals surface area contributed by atoms with Gasteiger partial charge in [0.15, 0.2) is 0 Å². The summed E-state index contributed by atoms with van der Waals surface area (Å²) in [6.45, 7) is 2.23. The van der Waals surface area contributed by atoms with E-state index in [1.54, 1.807) is 0 Å². The molecule has 0 heterocycles. The van der Waals surface area contributed by atoms with E-state index in [-0.39, 0.29) is 0 Å². The first-order chi connectivity index (χ1) is 13.3. The molecular weight excluding hydrogens is 328 g/mol. The van der Waals surface area contributed by atoms with E-state index >= 15 is 0 Å². The van der Waals surface area contributed by atoms with Crippen LogP contribution in [0.5, 0.6) is 0 Å². The van der Waals surface area contributed by atoms with Crippen LogP contribution in [0.15, 0.2) is 84.1 Å². The Bertz CT molecular complexity index is 1000.